The summed E-state index contributed by atoms with van der Waals surface area (Å²) >= 11 is 0. The molecule has 4 rings (SSSR count). The SMILES string of the molecule is O=S(=O)(c1ccc(F)cc1)N1CCOC(CN2CCN(c3ccccc3)CC2)C1. The van der Waals surface area contributed by atoms with Crippen LogP contribution in [0.1, 0.15) is 0 Å². The van der Waals surface area contributed by atoms with Crippen LogP contribution in [0.3, 0.4) is 0 Å². The number of nitrogens with zero attached hydrogens (tertiary/aromatic N) is 3. The predicted octanol–water partition coefficient (Wildman–Crippen LogP) is 2.04. The summed E-state index contributed by atoms with van der Waals surface area (Å²) < 4.78 is 46.2. The molecular formula is C21H26FN3O3S. The molecule has 2 saturated heterocycles. The van der Waals surface area contributed by atoms with Gasteiger partial charge in [0.2, 0.25) is 10.0 Å². The molecule has 2 aliphatic rings. The van der Waals surface area contributed by atoms with Crippen molar-refractivity contribution in [1.82, 2.24) is 9.21 Å². The van der Waals surface area contributed by atoms with Gasteiger partial charge in [-0.2, -0.15) is 4.31 Å². The van der Waals surface area contributed by atoms with Crippen LogP contribution < -0.4 is 4.90 Å². The van der Waals surface area contributed by atoms with E-state index in [0.29, 0.717) is 26.2 Å². The standard InChI is InChI=1S/C21H26FN3O3S/c22-18-6-8-21(9-7-18)29(26,27)25-14-15-28-20(17-25)16-23-10-12-24(13-11-23)19-4-2-1-3-5-19/h1-9,20H,10-17H2. The second-order valence-electron chi connectivity index (χ2n) is 7.43. The van der Waals surface area contributed by atoms with Crippen molar-refractivity contribution in [3.63, 3.8) is 0 Å². The van der Waals surface area contributed by atoms with E-state index in [2.05, 4.69) is 21.9 Å². The van der Waals surface area contributed by atoms with Gasteiger partial charge in [-0.05, 0) is 36.4 Å². The highest BCUT2D eigenvalue weighted by Crippen LogP contribution is 2.21. The molecule has 29 heavy (non-hydrogen) atoms. The van der Waals surface area contributed by atoms with E-state index in [9.17, 15) is 12.8 Å². The Morgan fingerprint density at radius 2 is 1.62 bits per heavy atom. The lowest BCUT2D eigenvalue weighted by Gasteiger charge is -2.39. The molecule has 0 bridgehead atoms. The zero-order chi connectivity index (χ0) is 20.3. The summed E-state index contributed by atoms with van der Waals surface area (Å²) in [6, 6.07) is 15.4. The summed E-state index contributed by atoms with van der Waals surface area (Å²) in [6.07, 6.45) is -0.165. The average Bonchev–Trinajstić information content (AvgIpc) is 2.75. The van der Waals surface area contributed by atoms with Crippen LogP contribution in [0.4, 0.5) is 10.1 Å². The number of morpholine rings is 1. The van der Waals surface area contributed by atoms with Gasteiger partial charge in [0.1, 0.15) is 5.82 Å². The van der Waals surface area contributed by atoms with Crippen molar-refractivity contribution in [2.45, 2.75) is 11.0 Å². The number of anilines is 1. The fourth-order valence-electron chi connectivity index (χ4n) is 3.89. The Morgan fingerprint density at radius 1 is 0.931 bits per heavy atom. The number of hydrogen-bond acceptors (Lipinski definition) is 5. The van der Waals surface area contributed by atoms with E-state index in [1.54, 1.807) is 0 Å². The van der Waals surface area contributed by atoms with Gasteiger partial charge in [-0.1, -0.05) is 18.2 Å². The third-order valence-corrected chi connectivity index (χ3v) is 7.39. The Morgan fingerprint density at radius 3 is 2.31 bits per heavy atom. The fourth-order valence-corrected chi connectivity index (χ4v) is 5.35. The first kappa shape index (κ1) is 20.3. The average molecular weight is 420 g/mol. The summed E-state index contributed by atoms with van der Waals surface area (Å²) in [6.45, 7) is 5.42. The van der Waals surface area contributed by atoms with Crippen molar-refractivity contribution in [2.24, 2.45) is 0 Å². The van der Waals surface area contributed by atoms with Crippen LogP contribution in [0.15, 0.2) is 59.5 Å². The van der Waals surface area contributed by atoms with E-state index in [0.717, 1.165) is 26.2 Å². The minimum atomic E-state index is -3.64. The highest BCUT2D eigenvalue weighted by atomic mass is 32.2. The first-order chi connectivity index (χ1) is 14.0. The Labute approximate surface area is 171 Å². The number of rotatable bonds is 5. The highest BCUT2D eigenvalue weighted by Gasteiger charge is 2.32. The zero-order valence-electron chi connectivity index (χ0n) is 16.3. The molecule has 1 atom stereocenters. The smallest absolute Gasteiger partial charge is 0.243 e. The maximum absolute atomic E-state index is 13.1. The normalized spacial score (nSPS) is 22.0. The van der Waals surface area contributed by atoms with Gasteiger partial charge >= 0.3 is 0 Å². The van der Waals surface area contributed by atoms with Crippen molar-refractivity contribution >= 4 is 15.7 Å². The van der Waals surface area contributed by atoms with Gasteiger partial charge in [0, 0.05) is 51.5 Å². The molecule has 0 aromatic heterocycles. The quantitative estimate of drug-likeness (QED) is 0.743. The molecule has 0 aliphatic carbocycles. The molecule has 2 fully saturated rings. The number of benzene rings is 2. The minimum absolute atomic E-state index is 0.121. The van der Waals surface area contributed by atoms with Gasteiger partial charge in [-0.25, -0.2) is 12.8 Å². The molecule has 2 heterocycles. The molecule has 2 aromatic rings. The number of para-hydroxylation sites is 1. The van der Waals surface area contributed by atoms with Crippen molar-refractivity contribution < 1.29 is 17.5 Å². The summed E-state index contributed by atoms with van der Waals surface area (Å²) in [5.41, 5.74) is 1.23. The van der Waals surface area contributed by atoms with Crippen LogP contribution in [0, 0.1) is 5.82 Å². The lowest BCUT2D eigenvalue weighted by molar-refractivity contribution is -0.0205. The number of halogens is 1. The van der Waals surface area contributed by atoms with Crippen LogP contribution in [-0.2, 0) is 14.8 Å². The predicted molar refractivity (Wildman–Crippen MR) is 110 cm³/mol. The minimum Gasteiger partial charge on any atom is -0.374 e. The van der Waals surface area contributed by atoms with E-state index in [4.69, 9.17) is 4.74 Å². The number of piperazine rings is 1. The molecule has 0 spiro atoms. The summed E-state index contributed by atoms with van der Waals surface area (Å²) in [5, 5.41) is 0. The van der Waals surface area contributed by atoms with E-state index in [1.807, 2.05) is 18.2 Å². The van der Waals surface area contributed by atoms with Gasteiger partial charge in [-0.3, -0.25) is 4.90 Å². The number of ether oxygens (including phenoxy) is 1. The third kappa shape index (κ3) is 4.78. The van der Waals surface area contributed by atoms with Crippen molar-refractivity contribution in [3.8, 4) is 0 Å². The first-order valence-electron chi connectivity index (χ1n) is 9.92. The van der Waals surface area contributed by atoms with Crippen molar-refractivity contribution in [3.05, 3.63) is 60.4 Å². The van der Waals surface area contributed by atoms with E-state index < -0.39 is 15.8 Å². The largest absolute Gasteiger partial charge is 0.374 e. The molecule has 8 heteroatoms. The maximum Gasteiger partial charge on any atom is 0.243 e. The molecular weight excluding hydrogens is 393 g/mol. The Bertz CT molecular complexity index is 901. The fraction of sp³-hybridized carbons (Fsp3) is 0.429. The van der Waals surface area contributed by atoms with Gasteiger partial charge in [0.05, 0.1) is 17.6 Å². The Hall–Kier alpha value is -2.00. The topological polar surface area (TPSA) is 53.1 Å². The molecule has 2 aromatic carbocycles. The van der Waals surface area contributed by atoms with Crippen molar-refractivity contribution in [2.75, 3.05) is 57.3 Å². The highest BCUT2D eigenvalue weighted by molar-refractivity contribution is 7.89. The lowest BCUT2D eigenvalue weighted by atomic mass is 10.2. The Balaban J connectivity index is 1.33. The monoisotopic (exact) mass is 419 g/mol. The summed E-state index contributed by atoms with van der Waals surface area (Å²) in [5.74, 6) is -0.446. The van der Waals surface area contributed by atoms with Crippen LogP contribution in [0.2, 0.25) is 0 Å². The van der Waals surface area contributed by atoms with E-state index in [-0.39, 0.29) is 11.0 Å². The van der Waals surface area contributed by atoms with E-state index >= 15 is 0 Å². The third-order valence-electron chi connectivity index (χ3n) is 5.51. The maximum atomic E-state index is 13.1. The second kappa shape index (κ2) is 8.79. The summed E-state index contributed by atoms with van der Waals surface area (Å²) in [4.78, 5) is 4.82. The first-order valence-corrected chi connectivity index (χ1v) is 11.4. The van der Waals surface area contributed by atoms with Crippen LogP contribution in [0.25, 0.3) is 0 Å². The molecule has 0 radical (unpaired) electrons. The molecule has 0 N–H and O–H groups in total. The second-order valence-corrected chi connectivity index (χ2v) is 9.37. The Kier molecular flexibility index (Phi) is 6.15. The summed E-state index contributed by atoms with van der Waals surface area (Å²) in [7, 11) is -3.64. The molecule has 6 nitrogen and oxygen atoms in total. The zero-order valence-corrected chi connectivity index (χ0v) is 17.1. The molecule has 156 valence electrons. The molecule has 1 unspecified atom stereocenters. The van der Waals surface area contributed by atoms with Gasteiger partial charge < -0.3 is 9.64 Å². The molecule has 0 amide bonds. The van der Waals surface area contributed by atoms with E-state index in [1.165, 1.54) is 34.3 Å². The number of sulfonamides is 1. The lowest BCUT2D eigenvalue weighted by Crippen LogP contribution is -2.53. The van der Waals surface area contributed by atoms with Crippen LogP contribution in [0.5, 0.6) is 0 Å². The van der Waals surface area contributed by atoms with Crippen molar-refractivity contribution in [1.29, 1.82) is 0 Å². The van der Waals surface area contributed by atoms with Gasteiger partial charge in [0.25, 0.3) is 0 Å². The molecule has 0 saturated carbocycles. The number of hydrogen-bond donors (Lipinski definition) is 0. The molecule has 2 aliphatic heterocycles. The van der Waals surface area contributed by atoms with Gasteiger partial charge in [-0.15, -0.1) is 0 Å². The van der Waals surface area contributed by atoms with Crippen LogP contribution in [-0.4, -0.2) is 76.1 Å². The van der Waals surface area contributed by atoms with Gasteiger partial charge in [0.15, 0.2) is 0 Å². The van der Waals surface area contributed by atoms with Crippen LogP contribution >= 0.6 is 0 Å².